The van der Waals surface area contributed by atoms with Gasteiger partial charge in [0.05, 0.1) is 16.1 Å². The van der Waals surface area contributed by atoms with Gasteiger partial charge in [0.1, 0.15) is 16.5 Å². The zero-order chi connectivity index (χ0) is 17.9. The first-order chi connectivity index (χ1) is 12.7. The van der Waals surface area contributed by atoms with E-state index in [1.165, 1.54) is 23.9 Å². The van der Waals surface area contributed by atoms with Crippen molar-refractivity contribution in [3.05, 3.63) is 66.1 Å². The van der Waals surface area contributed by atoms with E-state index in [-0.39, 0.29) is 17.5 Å². The predicted octanol–water partition coefficient (Wildman–Crippen LogP) is 4.33. The Kier molecular flexibility index (Phi) is 4.68. The number of aromatic nitrogens is 3. The van der Waals surface area contributed by atoms with Gasteiger partial charge in [-0.25, -0.2) is 13.9 Å². The monoisotopic (exact) mass is 384 g/mol. The smallest absolute Gasteiger partial charge is 0.234 e. The van der Waals surface area contributed by atoms with Gasteiger partial charge in [0.25, 0.3) is 0 Å². The molecular formula is C18H13FN4OS2. The number of thioether (sulfide) groups is 1. The molecule has 1 N–H and O–H groups in total. The van der Waals surface area contributed by atoms with E-state index in [9.17, 15) is 9.18 Å². The van der Waals surface area contributed by atoms with Gasteiger partial charge >= 0.3 is 0 Å². The van der Waals surface area contributed by atoms with Gasteiger partial charge in [-0.3, -0.25) is 4.79 Å². The van der Waals surface area contributed by atoms with E-state index in [0.717, 1.165) is 21.1 Å². The lowest BCUT2D eigenvalue weighted by Crippen LogP contribution is -2.14. The van der Waals surface area contributed by atoms with E-state index in [0.29, 0.717) is 5.69 Å². The van der Waals surface area contributed by atoms with Gasteiger partial charge in [-0.1, -0.05) is 23.9 Å². The second-order valence-corrected chi connectivity index (χ2v) is 7.33. The summed E-state index contributed by atoms with van der Waals surface area (Å²) < 4.78 is 14.9. The SMILES string of the molecule is O=C(CSc1nccn2nc(-c3cccs3)cc12)Nc1cccc(F)c1. The number of carbonyl (C=O) groups is 1. The molecular weight excluding hydrogens is 371 g/mol. The van der Waals surface area contributed by atoms with Gasteiger partial charge in [0.15, 0.2) is 0 Å². The molecule has 0 saturated carbocycles. The molecule has 1 amide bonds. The largest absolute Gasteiger partial charge is 0.325 e. The summed E-state index contributed by atoms with van der Waals surface area (Å²) in [6.07, 6.45) is 3.44. The number of amides is 1. The summed E-state index contributed by atoms with van der Waals surface area (Å²) in [5.41, 5.74) is 2.16. The van der Waals surface area contributed by atoms with Gasteiger partial charge in [0.2, 0.25) is 5.91 Å². The van der Waals surface area contributed by atoms with Crippen molar-refractivity contribution in [1.82, 2.24) is 14.6 Å². The van der Waals surface area contributed by atoms with Crippen LogP contribution in [0.3, 0.4) is 0 Å². The Hall–Kier alpha value is -2.71. The summed E-state index contributed by atoms with van der Waals surface area (Å²) in [4.78, 5) is 17.6. The second kappa shape index (κ2) is 7.27. The topological polar surface area (TPSA) is 59.3 Å². The highest BCUT2D eigenvalue weighted by atomic mass is 32.2. The molecule has 130 valence electrons. The van der Waals surface area contributed by atoms with Crippen molar-refractivity contribution < 1.29 is 9.18 Å². The van der Waals surface area contributed by atoms with Crippen molar-refractivity contribution in [2.24, 2.45) is 0 Å². The Bertz CT molecular complexity index is 1060. The summed E-state index contributed by atoms with van der Waals surface area (Å²) in [6, 6.07) is 11.8. The predicted molar refractivity (Wildman–Crippen MR) is 102 cm³/mol. The molecule has 0 saturated heterocycles. The second-order valence-electron chi connectivity index (χ2n) is 5.42. The van der Waals surface area contributed by atoms with Crippen LogP contribution in [-0.2, 0) is 4.79 Å². The van der Waals surface area contributed by atoms with Crippen molar-refractivity contribution in [2.75, 3.05) is 11.1 Å². The molecule has 26 heavy (non-hydrogen) atoms. The Morgan fingerprint density at radius 2 is 2.19 bits per heavy atom. The van der Waals surface area contributed by atoms with Crippen molar-refractivity contribution in [2.45, 2.75) is 5.03 Å². The van der Waals surface area contributed by atoms with Gasteiger partial charge < -0.3 is 5.32 Å². The van der Waals surface area contributed by atoms with E-state index >= 15 is 0 Å². The molecule has 3 aromatic heterocycles. The highest BCUT2D eigenvalue weighted by molar-refractivity contribution is 8.00. The summed E-state index contributed by atoms with van der Waals surface area (Å²) in [6.45, 7) is 0. The number of nitrogens with zero attached hydrogens (tertiary/aromatic N) is 3. The molecule has 4 aromatic rings. The van der Waals surface area contributed by atoms with Crippen molar-refractivity contribution >= 4 is 40.2 Å². The zero-order valence-electron chi connectivity index (χ0n) is 13.4. The van der Waals surface area contributed by atoms with Crippen LogP contribution in [0.15, 0.2) is 65.3 Å². The number of thiophene rings is 1. The minimum Gasteiger partial charge on any atom is -0.325 e. The number of carbonyl (C=O) groups excluding carboxylic acids is 1. The number of fused-ring (bicyclic) bond motifs is 1. The molecule has 5 nitrogen and oxygen atoms in total. The first-order valence-corrected chi connectivity index (χ1v) is 9.62. The van der Waals surface area contributed by atoms with Crippen LogP contribution in [-0.4, -0.2) is 26.3 Å². The number of anilines is 1. The third-order valence-corrected chi connectivity index (χ3v) is 5.46. The van der Waals surface area contributed by atoms with Gasteiger partial charge in [-0.15, -0.1) is 11.3 Å². The molecule has 0 atom stereocenters. The Morgan fingerprint density at radius 3 is 3.00 bits per heavy atom. The molecule has 0 aliphatic heterocycles. The Labute approximate surface area is 156 Å². The Balaban J connectivity index is 1.49. The quantitative estimate of drug-likeness (QED) is 0.521. The van der Waals surface area contributed by atoms with E-state index < -0.39 is 0 Å². The molecule has 0 aliphatic carbocycles. The first kappa shape index (κ1) is 16.7. The highest BCUT2D eigenvalue weighted by Gasteiger charge is 2.12. The number of hydrogen-bond acceptors (Lipinski definition) is 5. The van der Waals surface area contributed by atoms with Crippen LogP contribution in [0.2, 0.25) is 0 Å². The van der Waals surface area contributed by atoms with Crippen LogP contribution in [0.25, 0.3) is 16.1 Å². The van der Waals surface area contributed by atoms with Crippen molar-refractivity contribution in [3.63, 3.8) is 0 Å². The van der Waals surface area contributed by atoms with Crippen LogP contribution in [0.1, 0.15) is 0 Å². The normalized spacial score (nSPS) is 11.0. The molecule has 0 fully saturated rings. The summed E-state index contributed by atoms with van der Waals surface area (Å²) in [5, 5.41) is 9.96. The summed E-state index contributed by atoms with van der Waals surface area (Å²) >= 11 is 2.94. The number of rotatable bonds is 5. The molecule has 8 heteroatoms. The highest BCUT2D eigenvalue weighted by Crippen LogP contribution is 2.28. The van der Waals surface area contributed by atoms with Gasteiger partial charge in [0, 0.05) is 18.1 Å². The number of benzene rings is 1. The maximum atomic E-state index is 13.2. The van der Waals surface area contributed by atoms with E-state index in [1.807, 2.05) is 23.6 Å². The Morgan fingerprint density at radius 1 is 1.27 bits per heavy atom. The number of hydrogen-bond donors (Lipinski definition) is 1. The van der Waals surface area contributed by atoms with Gasteiger partial charge in [-0.2, -0.15) is 5.10 Å². The minimum atomic E-state index is -0.387. The van der Waals surface area contributed by atoms with Crippen LogP contribution >= 0.6 is 23.1 Å². The molecule has 0 aliphatic rings. The average Bonchev–Trinajstić information content (AvgIpc) is 3.29. The molecule has 3 heterocycles. The van der Waals surface area contributed by atoms with Crippen molar-refractivity contribution in [1.29, 1.82) is 0 Å². The van der Waals surface area contributed by atoms with E-state index in [4.69, 9.17) is 0 Å². The molecule has 0 radical (unpaired) electrons. The lowest BCUT2D eigenvalue weighted by molar-refractivity contribution is -0.113. The molecule has 4 rings (SSSR count). The fourth-order valence-corrected chi connectivity index (χ4v) is 3.91. The maximum absolute atomic E-state index is 13.2. The zero-order valence-corrected chi connectivity index (χ0v) is 15.1. The standard InChI is InChI=1S/C18H13FN4OS2/c19-12-3-1-4-13(9-12)21-17(24)11-26-18-15-10-14(16-5-2-8-25-16)22-23(15)7-6-20-18/h1-10H,11H2,(H,21,24). The van der Waals surface area contributed by atoms with Crippen LogP contribution in [0.5, 0.6) is 0 Å². The fraction of sp³-hybridized carbons (Fsp3) is 0.0556. The molecule has 0 unspecified atom stereocenters. The third-order valence-electron chi connectivity index (χ3n) is 3.58. The minimum absolute atomic E-state index is 0.169. The van der Waals surface area contributed by atoms with E-state index in [1.54, 1.807) is 40.4 Å². The van der Waals surface area contributed by atoms with E-state index in [2.05, 4.69) is 15.4 Å². The fourth-order valence-electron chi connectivity index (χ4n) is 2.45. The van der Waals surface area contributed by atoms with Crippen LogP contribution in [0, 0.1) is 5.82 Å². The lowest BCUT2D eigenvalue weighted by Gasteiger charge is -2.05. The average molecular weight is 384 g/mol. The first-order valence-electron chi connectivity index (χ1n) is 7.75. The third kappa shape index (κ3) is 3.61. The van der Waals surface area contributed by atoms with Crippen LogP contribution < -0.4 is 5.32 Å². The molecule has 0 spiro atoms. The summed E-state index contributed by atoms with van der Waals surface area (Å²) in [7, 11) is 0. The van der Waals surface area contributed by atoms with Crippen molar-refractivity contribution in [3.8, 4) is 10.6 Å². The van der Waals surface area contributed by atoms with Gasteiger partial charge in [-0.05, 0) is 35.7 Å². The van der Waals surface area contributed by atoms with Crippen LogP contribution in [0.4, 0.5) is 10.1 Å². The lowest BCUT2D eigenvalue weighted by atomic mass is 10.3. The number of halogens is 1. The number of nitrogens with one attached hydrogen (secondary N) is 1. The summed E-state index contributed by atoms with van der Waals surface area (Å²) in [5.74, 6) is -0.437. The molecule has 1 aromatic carbocycles. The molecule has 0 bridgehead atoms. The maximum Gasteiger partial charge on any atom is 0.234 e.